The minimum absolute atomic E-state index is 0.907. The second kappa shape index (κ2) is 3.32. The van der Waals surface area contributed by atoms with E-state index in [1.807, 2.05) is 6.07 Å². The minimum atomic E-state index is -0.907. The zero-order valence-corrected chi connectivity index (χ0v) is 8.19. The predicted octanol–water partition coefficient (Wildman–Crippen LogP) is 3.06. The lowest BCUT2D eigenvalue weighted by Crippen LogP contribution is -1.84. The molecule has 0 amide bonds. The van der Waals surface area contributed by atoms with Crippen molar-refractivity contribution in [2.75, 3.05) is 0 Å². The summed E-state index contributed by atoms with van der Waals surface area (Å²) in [6.07, 6.45) is 2.78. The molecule has 0 atom stereocenters. The van der Waals surface area contributed by atoms with Gasteiger partial charge < -0.3 is 5.11 Å². The van der Waals surface area contributed by atoms with Crippen molar-refractivity contribution in [2.45, 2.75) is 0 Å². The van der Waals surface area contributed by atoms with Crippen molar-refractivity contribution in [3.63, 3.8) is 0 Å². The molecule has 0 saturated heterocycles. The van der Waals surface area contributed by atoms with E-state index in [1.54, 1.807) is 28.7 Å². The first-order valence-corrected chi connectivity index (χ1v) is 5.38. The lowest BCUT2D eigenvalue weighted by Gasteiger charge is -1.79. The van der Waals surface area contributed by atoms with Gasteiger partial charge in [0, 0.05) is 26.4 Å². The van der Waals surface area contributed by atoms with Crippen LogP contribution in [0.1, 0.15) is 4.88 Å². The fourth-order valence-electron chi connectivity index (χ4n) is 1.03. The van der Waals surface area contributed by atoms with Crippen LogP contribution >= 0.6 is 22.7 Å². The van der Waals surface area contributed by atoms with Gasteiger partial charge in [-0.15, -0.1) is 11.3 Å². The van der Waals surface area contributed by atoms with E-state index in [1.165, 1.54) is 10.1 Å². The van der Waals surface area contributed by atoms with Gasteiger partial charge in [0.05, 0.1) is 0 Å². The zero-order chi connectivity index (χ0) is 9.26. The highest BCUT2D eigenvalue weighted by atomic mass is 32.1. The highest BCUT2D eigenvalue weighted by molar-refractivity contribution is 7.23. The second-order valence-corrected chi connectivity index (χ2v) is 4.37. The molecular formula is C9H6O2S2. The number of carboxylic acid groups (broad SMARTS) is 1. The molecule has 0 bridgehead atoms. The van der Waals surface area contributed by atoms with Gasteiger partial charge in [-0.3, -0.25) is 0 Å². The molecule has 4 heteroatoms. The smallest absolute Gasteiger partial charge is 0.328 e. The van der Waals surface area contributed by atoms with Crippen LogP contribution in [0.4, 0.5) is 0 Å². The minimum Gasteiger partial charge on any atom is -0.478 e. The Kier molecular flexibility index (Phi) is 2.16. The van der Waals surface area contributed by atoms with E-state index in [-0.39, 0.29) is 0 Å². The molecule has 0 radical (unpaired) electrons. The molecular weight excluding hydrogens is 204 g/mol. The van der Waals surface area contributed by atoms with Crippen LogP contribution in [-0.4, -0.2) is 11.1 Å². The Morgan fingerprint density at radius 2 is 2.31 bits per heavy atom. The topological polar surface area (TPSA) is 37.3 Å². The summed E-state index contributed by atoms with van der Waals surface area (Å²) in [4.78, 5) is 11.2. The van der Waals surface area contributed by atoms with Gasteiger partial charge in [-0.25, -0.2) is 4.79 Å². The Hall–Kier alpha value is -1.13. The third-order valence-electron chi connectivity index (χ3n) is 1.57. The van der Waals surface area contributed by atoms with Crippen LogP contribution in [0.5, 0.6) is 0 Å². The summed E-state index contributed by atoms with van der Waals surface area (Å²) in [5.74, 6) is -0.907. The SMILES string of the molecule is O=C(O)/C=C/c1cc2cscc2s1. The number of carbonyl (C=O) groups is 1. The van der Waals surface area contributed by atoms with Crippen molar-refractivity contribution in [3.05, 3.63) is 27.8 Å². The van der Waals surface area contributed by atoms with Gasteiger partial charge in [0.15, 0.2) is 0 Å². The molecule has 0 aliphatic rings. The first-order valence-electron chi connectivity index (χ1n) is 3.62. The fraction of sp³-hybridized carbons (Fsp3) is 0. The predicted molar refractivity (Wildman–Crippen MR) is 56.4 cm³/mol. The van der Waals surface area contributed by atoms with Crippen LogP contribution in [0.25, 0.3) is 16.2 Å². The van der Waals surface area contributed by atoms with E-state index in [4.69, 9.17) is 5.11 Å². The highest BCUT2D eigenvalue weighted by Gasteiger charge is 1.99. The summed E-state index contributed by atoms with van der Waals surface area (Å²) < 4.78 is 1.22. The Morgan fingerprint density at radius 3 is 3.00 bits per heavy atom. The molecule has 0 spiro atoms. The molecule has 0 saturated carbocycles. The molecule has 0 aliphatic heterocycles. The van der Waals surface area contributed by atoms with E-state index in [0.717, 1.165) is 11.0 Å². The summed E-state index contributed by atoms with van der Waals surface area (Å²) >= 11 is 3.27. The molecule has 2 nitrogen and oxygen atoms in total. The molecule has 1 N–H and O–H groups in total. The first kappa shape index (κ1) is 8.47. The van der Waals surface area contributed by atoms with E-state index >= 15 is 0 Å². The Bertz CT molecular complexity index is 436. The van der Waals surface area contributed by atoms with Crippen molar-refractivity contribution < 1.29 is 9.90 Å². The van der Waals surface area contributed by atoms with Gasteiger partial charge >= 0.3 is 5.97 Å². The molecule has 2 aromatic rings. The molecule has 0 aromatic carbocycles. The average Bonchev–Trinajstić information content (AvgIpc) is 2.58. The summed E-state index contributed by atoms with van der Waals surface area (Å²) in [6, 6.07) is 2.00. The van der Waals surface area contributed by atoms with Gasteiger partial charge in [-0.05, 0) is 17.5 Å². The van der Waals surface area contributed by atoms with Crippen LogP contribution in [0.2, 0.25) is 0 Å². The molecule has 0 fully saturated rings. The summed E-state index contributed by atoms with van der Waals surface area (Å²) in [7, 11) is 0. The number of rotatable bonds is 2. The maximum atomic E-state index is 10.2. The van der Waals surface area contributed by atoms with Crippen molar-refractivity contribution in [2.24, 2.45) is 0 Å². The van der Waals surface area contributed by atoms with Crippen molar-refractivity contribution >= 4 is 44.8 Å². The van der Waals surface area contributed by atoms with Gasteiger partial charge in [0.1, 0.15) is 0 Å². The first-order chi connectivity index (χ1) is 6.25. The van der Waals surface area contributed by atoms with Crippen LogP contribution in [0.3, 0.4) is 0 Å². The van der Waals surface area contributed by atoms with E-state index in [9.17, 15) is 4.79 Å². The van der Waals surface area contributed by atoms with Crippen LogP contribution in [0, 0.1) is 0 Å². The summed E-state index contributed by atoms with van der Waals surface area (Å²) in [5, 5.41) is 13.7. The quantitative estimate of drug-likeness (QED) is 0.773. The molecule has 2 heterocycles. The third-order valence-corrected chi connectivity index (χ3v) is 3.54. The molecule has 13 heavy (non-hydrogen) atoms. The number of hydrogen-bond donors (Lipinski definition) is 1. The molecule has 0 unspecified atom stereocenters. The van der Waals surface area contributed by atoms with Crippen LogP contribution < -0.4 is 0 Å². The van der Waals surface area contributed by atoms with Gasteiger partial charge in [0.2, 0.25) is 0 Å². The third kappa shape index (κ3) is 1.79. The molecule has 2 aromatic heterocycles. The number of thiophene rings is 2. The number of hydrogen-bond acceptors (Lipinski definition) is 3. The van der Waals surface area contributed by atoms with Crippen LogP contribution in [0.15, 0.2) is 22.9 Å². The average molecular weight is 210 g/mol. The van der Waals surface area contributed by atoms with Gasteiger partial charge in [0.25, 0.3) is 0 Å². The normalized spacial score (nSPS) is 11.4. The Balaban J connectivity index is 2.34. The maximum absolute atomic E-state index is 10.2. The Labute approximate surface area is 82.8 Å². The number of fused-ring (bicyclic) bond motifs is 1. The van der Waals surface area contributed by atoms with E-state index < -0.39 is 5.97 Å². The molecule has 0 aliphatic carbocycles. The monoisotopic (exact) mass is 210 g/mol. The highest BCUT2D eigenvalue weighted by Crippen LogP contribution is 2.29. The summed E-state index contributed by atoms with van der Waals surface area (Å²) in [5.41, 5.74) is 0. The number of aliphatic carboxylic acids is 1. The summed E-state index contributed by atoms with van der Waals surface area (Å²) in [6.45, 7) is 0. The molecule has 2 rings (SSSR count). The maximum Gasteiger partial charge on any atom is 0.328 e. The van der Waals surface area contributed by atoms with Crippen molar-refractivity contribution in [1.82, 2.24) is 0 Å². The number of carboxylic acids is 1. The standard InChI is InChI=1S/C9H6O2S2/c10-9(11)2-1-7-3-6-4-12-5-8(6)13-7/h1-5H,(H,10,11)/b2-1+. The van der Waals surface area contributed by atoms with E-state index in [0.29, 0.717) is 0 Å². The van der Waals surface area contributed by atoms with E-state index in [2.05, 4.69) is 10.8 Å². The van der Waals surface area contributed by atoms with Gasteiger partial charge in [-0.2, -0.15) is 11.3 Å². The second-order valence-electron chi connectivity index (χ2n) is 2.51. The van der Waals surface area contributed by atoms with Crippen molar-refractivity contribution in [3.8, 4) is 0 Å². The fourth-order valence-corrected chi connectivity index (χ4v) is 2.94. The van der Waals surface area contributed by atoms with Crippen molar-refractivity contribution in [1.29, 1.82) is 0 Å². The lowest BCUT2D eigenvalue weighted by molar-refractivity contribution is -0.131. The van der Waals surface area contributed by atoms with Crippen LogP contribution in [-0.2, 0) is 4.79 Å². The largest absolute Gasteiger partial charge is 0.478 e. The zero-order valence-electron chi connectivity index (χ0n) is 6.56. The van der Waals surface area contributed by atoms with Gasteiger partial charge in [-0.1, -0.05) is 0 Å². The lowest BCUT2D eigenvalue weighted by atomic mass is 10.3. The Morgan fingerprint density at radius 1 is 1.46 bits per heavy atom. The molecule has 66 valence electrons.